The molecule has 1 aliphatic heterocycles. The van der Waals surface area contributed by atoms with E-state index in [-0.39, 0.29) is 17.6 Å². The van der Waals surface area contributed by atoms with Crippen molar-refractivity contribution < 1.29 is 14.3 Å². The van der Waals surface area contributed by atoms with E-state index in [0.29, 0.717) is 12.8 Å². The predicted octanol–water partition coefficient (Wildman–Crippen LogP) is 2.49. The van der Waals surface area contributed by atoms with Crippen molar-refractivity contribution in [3.63, 3.8) is 0 Å². The number of rotatable bonds is 3. The number of hydrogen-bond donors (Lipinski definition) is 0. The standard InChI is InChI=1S/C18H22N2O3/c1-19(2)20-15-8-5-9-16(21)18(15)14(11-17(20)22)12-6-4-7-13(10-12)23-3/h4,6-7,10,14H,5,8-9,11H2,1-3H3/t14-/m0/s1. The Labute approximate surface area is 136 Å². The van der Waals surface area contributed by atoms with Gasteiger partial charge in [0.2, 0.25) is 5.91 Å². The van der Waals surface area contributed by atoms with E-state index < -0.39 is 0 Å². The van der Waals surface area contributed by atoms with E-state index in [1.54, 1.807) is 17.1 Å². The predicted molar refractivity (Wildman–Crippen MR) is 86.8 cm³/mol. The summed E-state index contributed by atoms with van der Waals surface area (Å²) in [5.41, 5.74) is 2.65. The molecule has 1 heterocycles. The highest BCUT2D eigenvalue weighted by atomic mass is 16.5. The summed E-state index contributed by atoms with van der Waals surface area (Å²) in [7, 11) is 5.30. The number of carbonyl (C=O) groups is 2. The van der Waals surface area contributed by atoms with Crippen molar-refractivity contribution in [1.29, 1.82) is 0 Å². The molecule has 1 amide bonds. The third-order valence-corrected chi connectivity index (χ3v) is 4.54. The zero-order chi connectivity index (χ0) is 16.6. The Kier molecular flexibility index (Phi) is 4.22. The van der Waals surface area contributed by atoms with Gasteiger partial charge in [-0.25, -0.2) is 10.0 Å². The Bertz CT molecular complexity index is 679. The molecular weight excluding hydrogens is 292 g/mol. The molecule has 0 bridgehead atoms. The van der Waals surface area contributed by atoms with Crippen molar-refractivity contribution in [2.45, 2.75) is 31.6 Å². The third kappa shape index (κ3) is 2.77. The molecule has 23 heavy (non-hydrogen) atoms. The van der Waals surface area contributed by atoms with Crippen LogP contribution in [0.1, 0.15) is 37.2 Å². The molecule has 0 unspecified atom stereocenters. The Balaban J connectivity index is 2.11. The van der Waals surface area contributed by atoms with Gasteiger partial charge in [0.05, 0.1) is 7.11 Å². The van der Waals surface area contributed by atoms with Crippen molar-refractivity contribution >= 4 is 11.7 Å². The Morgan fingerprint density at radius 2 is 2.00 bits per heavy atom. The first-order chi connectivity index (χ1) is 11.0. The average Bonchev–Trinajstić information content (AvgIpc) is 2.53. The highest BCUT2D eigenvalue weighted by molar-refractivity contribution is 6.01. The third-order valence-electron chi connectivity index (χ3n) is 4.54. The van der Waals surface area contributed by atoms with E-state index in [0.717, 1.165) is 35.4 Å². The number of hydrazine groups is 1. The van der Waals surface area contributed by atoms with Crippen LogP contribution in [0.4, 0.5) is 0 Å². The van der Waals surface area contributed by atoms with Crippen LogP contribution in [0.25, 0.3) is 0 Å². The van der Waals surface area contributed by atoms with Gasteiger partial charge >= 0.3 is 0 Å². The molecule has 5 heteroatoms. The van der Waals surface area contributed by atoms with Crippen LogP contribution in [-0.2, 0) is 9.59 Å². The van der Waals surface area contributed by atoms with Crippen LogP contribution >= 0.6 is 0 Å². The Morgan fingerprint density at radius 3 is 2.70 bits per heavy atom. The summed E-state index contributed by atoms with van der Waals surface area (Å²) in [5.74, 6) is 0.779. The van der Waals surface area contributed by atoms with Gasteiger partial charge in [0, 0.05) is 44.1 Å². The lowest BCUT2D eigenvalue weighted by molar-refractivity contribution is -0.143. The normalized spacial score (nSPS) is 21.7. The maximum atomic E-state index is 12.6. The van der Waals surface area contributed by atoms with Gasteiger partial charge in [-0.3, -0.25) is 9.59 Å². The van der Waals surface area contributed by atoms with Gasteiger partial charge in [-0.05, 0) is 30.5 Å². The van der Waals surface area contributed by atoms with Crippen LogP contribution in [0.2, 0.25) is 0 Å². The highest BCUT2D eigenvalue weighted by Gasteiger charge is 2.40. The van der Waals surface area contributed by atoms with Crippen LogP contribution in [0.3, 0.4) is 0 Å². The Morgan fingerprint density at radius 1 is 1.22 bits per heavy atom. The minimum atomic E-state index is -0.170. The zero-order valence-corrected chi connectivity index (χ0v) is 13.8. The van der Waals surface area contributed by atoms with E-state index in [4.69, 9.17) is 4.74 Å². The summed E-state index contributed by atoms with van der Waals surface area (Å²) >= 11 is 0. The molecule has 1 aromatic rings. The van der Waals surface area contributed by atoms with E-state index in [1.807, 2.05) is 38.4 Å². The topological polar surface area (TPSA) is 49.9 Å². The summed E-state index contributed by atoms with van der Waals surface area (Å²) in [6, 6.07) is 7.68. The van der Waals surface area contributed by atoms with Crippen LogP contribution in [-0.4, -0.2) is 42.9 Å². The zero-order valence-electron chi connectivity index (χ0n) is 13.8. The van der Waals surface area contributed by atoms with Gasteiger partial charge < -0.3 is 4.74 Å². The van der Waals surface area contributed by atoms with Gasteiger partial charge in [-0.2, -0.15) is 0 Å². The molecule has 122 valence electrons. The molecule has 1 atom stereocenters. The largest absolute Gasteiger partial charge is 0.497 e. The van der Waals surface area contributed by atoms with Crippen LogP contribution in [0.15, 0.2) is 35.5 Å². The molecule has 1 aliphatic carbocycles. The number of ketones is 1. The van der Waals surface area contributed by atoms with Crippen molar-refractivity contribution in [3.05, 3.63) is 41.1 Å². The lowest BCUT2D eigenvalue weighted by atomic mass is 9.77. The van der Waals surface area contributed by atoms with E-state index in [1.165, 1.54) is 0 Å². The number of benzene rings is 1. The molecule has 0 fully saturated rings. The first kappa shape index (κ1) is 15.7. The van der Waals surface area contributed by atoms with Crippen LogP contribution in [0, 0.1) is 0 Å². The van der Waals surface area contributed by atoms with Crippen molar-refractivity contribution in [2.24, 2.45) is 0 Å². The second kappa shape index (κ2) is 6.16. The minimum Gasteiger partial charge on any atom is -0.497 e. The van der Waals surface area contributed by atoms with E-state index in [2.05, 4.69) is 0 Å². The first-order valence-electron chi connectivity index (χ1n) is 7.93. The fourth-order valence-corrected chi connectivity index (χ4v) is 3.58. The lowest BCUT2D eigenvalue weighted by Gasteiger charge is -2.41. The van der Waals surface area contributed by atoms with Gasteiger partial charge in [0.25, 0.3) is 0 Å². The summed E-state index contributed by atoms with van der Waals surface area (Å²) in [6.45, 7) is 0. The molecule has 0 spiro atoms. The number of nitrogens with zero attached hydrogens (tertiary/aromatic N) is 2. The number of allylic oxidation sites excluding steroid dienone is 2. The molecular formula is C18H22N2O3. The molecule has 5 nitrogen and oxygen atoms in total. The number of ether oxygens (including phenoxy) is 1. The fraction of sp³-hybridized carbons (Fsp3) is 0.444. The van der Waals surface area contributed by atoms with Gasteiger partial charge in [-0.1, -0.05) is 12.1 Å². The highest BCUT2D eigenvalue weighted by Crippen LogP contribution is 2.42. The fourth-order valence-electron chi connectivity index (χ4n) is 3.58. The Hall–Kier alpha value is -2.14. The average molecular weight is 314 g/mol. The van der Waals surface area contributed by atoms with E-state index >= 15 is 0 Å². The van der Waals surface area contributed by atoms with Gasteiger partial charge in [0.15, 0.2) is 5.78 Å². The smallest absolute Gasteiger partial charge is 0.242 e. The molecule has 0 N–H and O–H groups in total. The SMILES string of the molecule is COc1cccc([C@@H]2CC(=O)N(N(C)C)C3=C2C(=O)CCC3)c1. The summed E-state index contributed by atoms with van der Waals surface area (Å²) in [6.07, 6.45) is 2.45. The molecule has 0 radical (unpaired) electrons. The molecule has 0 saturated carbocycles. The molecule has 0 aromatic heterocycles. The lowest BCUT2D eigenvalue weighted by Crippen LogP contribution is -2.47. The van der Waals surface area contributed by atoms with Crippen molar-refractivity contribution in [3.8, 4) is 5.75 Å². The second-order valence-electron chi connectivity index (χ2n) is 6.22. The van der Waals surface area contributed by atoms with Crippen molar-refractivity contribution in [1.82, 2.24) is 10.0 Å². The number of methoxy groups -OCH3 is 1. The first-order valence-corrected chi connectivity index (χ1v) is 7.93. The number of amides is 1. The van der Waals surface area contributed by atoms with E-state index in [9.17, 15) is 9.59 Å². The van der Waals surface area contributed by atoms with Gasteiger partial charge in [-0.15, -0.1) is 0 Å². The molecule has 3 rings (SSSR count). The maximum Gasteiger partial charge on any atom is 0.242 e. The number of Topliss-reactive ketones (excluding diaryl/α,β-unsaturated/α-hetero) is 1. The maximum absolute atomic E-state index is 12.6. The molecule has 1 aromatic carbocycles. The molecule has 2 aliphatic rings. The summed E-state index contributed by atoms with van der Waals surface area (Å²) in [5, 5.41) is 3.45. The van der Waals surface area contributed by atoms with Crippen LogP contribution in [0.5, 0.6) is 5.75 Å². The molecule has 0 saturated heterocycles. The van der Waals surface area contributed by atoms with Gasteiger partial charge in [0.1, 0.15) is 5.75 Å². The summed E-state index contributed by atoms with van der Waals surface area (Å²) < 4.78 is 5.29. The number of hydrogen-bond acceptors (Lipinski definition) is 4. The minimum absolute atomic E-state index is 0.0382. The summed E-state index contributed by atoms with van der Waals surface area (Å²) in [4.78, 5) is 25.2. The van der Waals surface area contributed by atoms with Crippen LogP contribution < -0.4 is 4.74 Å². The van der Waals surface area contributed by atoms with Crippen molar-refractivity contribution in [2.75, 3.05) is 21.2 Å². The monoisotopic (exact) mass is 314 g/mol. The quantitative estimate of drug-likeness (QED) is 0.860. The second-order valence-corrected chi connectivity index (χ2v) is 6.22. The number of carbonyl (C=O) groups excluding carboxylic acids is 2.